The molecule has 5 nitrogen and oxygen atoms in total. The van der Waals surface area contributed by atoms with Crippen LogP contribution in [-0.4, -0.2) is 47.9 Å². The zero-order valence-electron chi connectivity index (χ0n) is 12.4. The highest BCUT2D eigenvalue weighted by molar-refractivity contribution is 9.10. The van der Waals surface area contributed by atoms with E-state index < -0.39 is 5.82 Å². The van der Waals surface area contributed by atoms with E-state index in [4.69, 9.17) is 4.74 Å². The number of piperidine rings is 1. The molecular weight excluding hydrogens is 355 g/mol. The highest BCUT2D eigenvalue weighted by Crippen LogP contribution is 2.47. The third kappa shape index (κ3) is 2.27. The molecule has 0 aliphatic carbocycles. The summed E-state index contributed by atoms with van der Waals surface area (Å²) in [5, 5.41) is 0. The molecule has 0 bridgehead atoms. The molecule has 2 heterocycles. The van der Waals surface area contributed by atoms with Crippen LogP contribution in [0.1, 0.15) is 24.8 Å². The number of hydrogen-bond donors (Lipinski definition) is 0. The van der Waals surface area contributed by atoms with Crippen LogP contribution in [0.15, 0.2) is 16.6 Å². The number of hydrogen-bond acceptors (Lipinski definition) is 3. The Morgan fingerprint density at radius 3 is 2.95 bits per heavy atom. The first kappa shape index (κ1) is 15.6. The highest BCUT2D eigenvalue weighted by Gasteiger charge is 2.54. The van der Waals surface area contributed by atoms with E-state index in [0.717, 1.165) is 4.76 Å². The molecule has 1 aromatic rings. The number of nitrogens with zero attached hydrogens (tertiary/aromatic N) is 2. The van der Waals surface area contributed by atoms with E-state index in [1.807, 2.05) is 6.92 Å². The lowest BCUT2D eigenvalue weighted by Crippen LogP contribution is -2.51. The number of likely N-dealkylation sites (tertiary alicyclic amines) is 1. The molecule has 2 unspecified atom stereocenters. The van der Waals surface area contributed by atoms with Gasteiger partial charge >= 0.3 is 0 Å². The van der Waals surface area contributed by atoms with E-state index in [1.54, 1.807) is 17.0 Å². The van der Waals surface area contributed by atoms with Crippen molar-refractivity contribution in [2.24, 2.45) is 0 Å². The molecule has 1 amide bonds. The van der Waals surface area contributed by atoms with E-state index in [1.165, 1.54) is 7.11 Å². The number of carbonyl (C=O) groups is 1. The predicted octanol–water partition coefficient (Wildman–Crippen LogP) is 2.73. The molecular formula is C15H17BrFN2O3+. The van der Waals surface area contributed by atoms with Crippen molar-refractivity contribution in [3.8, 4) is 0 Å². The van der Waals surface area contributed by atoms with Crippen molar-refractivity contribution in [3.05, 3.63) is 32.9 Å². The fourth-order valence-electron chi connectivity index (χ4n) is 3.52. The number of carbonyl (C=O) groups excluding carboxylic acids is 1. The number of amides is 1. The van der Waals surface area contributed by atoms with E-state index in [2.05, 4.69) is 15.9 Å². The van der Waals surface area contributed by atoms with E-state index in [0.29, 0.717) is 18.5 Å². The van der Waals surface area contributed by atoms with Gasteiger partial charge in [0.05, 0.1) is 10.4 Å². The summed E-state index contributed by atoms with van der Waals surface area (Å²) >= 11 is 3.12. The first-order chi connectivity index (χ1) is 10.5. The molecule has 0 N–H and O–H groups in total. The SMILES string of the molecule is COCC(=O)N1CC2c3ccc(Br)c(F)c3[N+](=O)C2C[C@H]1C. The Labute approximate surface area is 136 Å². The van der Waals surface area contributed by atoms with E-state index in [-0.39, 0.29) is 40.7 Å². The van der Waals surface area contributed by atoms with Gasteiger partial charge in [-0.3, -0.25) is 4.79 Å². The van der Waals surface area contributed by atoms with Crippen LogP contribution in [0.25, 0.3) is 0 Å². The summed E-state index contributed by atoms with van der Waals surface area (Å²) in [5.74, 6) is -0.784. The van der Waals surface area contributed by atoms with Crippen molar-refractivity contribution in [1.29, 1.82) is 0 Å². The smallest absolute Gasteiger partial charge is 0.296 e. The minimum atomic E-state index is -0.524. The Morgan fingerprint density at radius 1 is 1.55 bits per heavy atom. The van der Waals surface area contributed by atoms with Crippen LogP contribution in [0.3, 0.4) is 0 Å². The maximum Gasteiger partial charge on any atom is 0.296 e. The zero-order chi connectivity index (χ0) is 16.0. The van der Waals surface area contributed by atoms with Crippen molar-refractivity contribution >= 4 is 27.5 Å². The summed E-state index contributed by atoms with van der Waals surface area (Å²) in [4.78, 5) is 26.3. The average Bonchev–Trinajstić information content (AvgIpc) is 2.75. The molecule has 3 atom stereocenters. The van der Waals surface area contributed by atoms with E-state index >= 15 is 0 Å². The van der Waals surface area contributed by atoms with Gasteiger partial charge in [0.15, 0.2) is 0 Å². The van der Waals surface area contributed by atoms with Gasteiger partial charge in [-0.05, 0) is 28.9 Å². The molecule has 1 fully saturated rings. The summed E-state index contributed by atoms with van der Waals surface area (Å²) < 4.78 is 20.3. The lowest BCUT2D eigenvalue weighted by molar-refractivity contribution is -0.505. The topological polar surface area (TPSA) is 49.6 Å². The number of halogens is 2. The molecule has 1 saturated heterocycles. The molecule has 2 aliphatic heterocycles. The number of fused-ring (bicyclic) bond motifs is 3. The largest absolute Gasteiger partial charge is 0.375 e. The van der Waals surface area contributed by atoms with Crippen LogP contribution in [0, 0.1) is 10.7 Å². The predicted molar refractivity (Wildman–Crippen MR) is 81.6 cm³/mol. The second kappa shape index (κ2) is 5.70. The molecule has 0 saturated carbocycles. The Morgan fingerprint density at radius 2 is 2.27 bits per heavy atom. The first-order valence-electron chi connectivity index (χ1n) is 7.18. The van der Waals surface area contributed by atoms with Gasteiger partial charge in [-0.25, -0.2) is 0 Å². The first-order valence-corrected chi connectivity index (χ1v) is 7.97. The van der Waals surface area contributed by atoms with Gasteiger partial charge in [0.2, 0.25) is 17.8 Å². The number of benzene rings is 1. The summed E-state index contributed by atoms with van der Waals surface area (Å²) in [6, 6.07) is 3.00. The molecule has 0 radical (unpaired) electrons. The lowest BCUT2D eigenvalue weighted by atomic mass is 9.86. The molecule has 118 valence electrons. The van der Waals surface area contributed by atoms with Crippen LogP contribution in [-0.2, 0) is 9.53 Å². The molecule has 0 aromatic heterocycles. The molecule has 3 rings (SSSR count). The monoisotopic (exact) mass is 371 g/mol. The number of nitroso groups, excluding NO2 is 1. The van der Waals surface area contributed by atoms with Gasteiger partial charge in [-0.1, -0.05) is 6.07 Å². The molecule has 7 heteroatoms. The van der Waals surface area contributed by atoms with Gasteiger partial charge in [0.25, 0.3) is 5.69 Å². The summed E-state index contributed by atoms with van der Waals surface area (Å²) in [5.41, 5.74) is 0.792. The van der Waals surface area contributed by atoms with Crippen molar-refractivity contribution in [2.45, 2.75) is 31.3 Å². The Balaban J connectivity index is 1.96. The van der Waals surface area contributed by atoms with Gasteiger partial charge < -0.3 is 9.64 Å². The van der Waals surface area contributed by atoms with Gasteiger partial charge in [0, 0.05) is 41.3 Å². The van der Waals surface area contributed by atoms with Gasteiger partial charge in [-0.2, -0.15) is 4.39 Å². The fourth-order valence-corrected chi connectivity index (χ4v) is 3.84. The quantitative estimate of drug-likeness (QED) is 0.751. The van der Waals surface area contributed by atoms with Crippen LogP contribution >= 0.6 is 15.9 Å². The van der Waals surface area contributed by atoms with Crippen molar-refractivity contribution in [2.75, 3.05) is 20.3 Å². The van der Waals surface area contributed by atoms with Crippen molar-refractivity contribution in [3.63, 3.8) is 0 Å². The van der Waals surface area contributed by atoms with Crippen LogP contribution in [0.4, 0.5) is 10.1 Å². The Kier molecular flexibility index (Phi) is 4.03. The maximum absolute atomic E-state index is 14.3. The second-order valence-corrected chi connectivity index (χ2v) is 6.72. The summed E-state index contributed by atoms with van der Waals surface area (Å²) in [6.07, 6.45) is 0.523. The van der Waals surface area contributed by atoms with Gasteiger partial charge in [-0.15, -0.1) is 0 Å². The standard InChI is InChI=1S/C15H17BrFN2O3/c1-8-5-12-10(6-18(8)13(20)7-22-2)9-3-4-11(16)14(17)15(9)19(12)21/h3-4,8,10,12H,5-7H2,1-2H3/q+1/t8-,10?,12?/m1/s1. The van der Waals surface area contributed by atoms with Gasteiger partial charge in [0.1, 0.15) is 6.61 Å². The molecule has 1 aromatic carbocycles. The third-order valence-corrected chi connectivity index (χ3v) is 5.19. The zero-order valence-corrected chi connectivity index (χ0v) is 14.0. The minimum absolute atomic E-state index is 0.0182. The molecule has 0 spiro atoms. The number of ether oxygens (including phenoxy) is 1. The van der Waals surface area contributed by atoms with Crippen molar-refractivity contribution in [1.82, 2.24) is 4.90 Å². The summed E-state index contributed by atoms with van der Waals surface area (Å²) in [6.45, 7) is 2.35. The fraction of sp³-hybridized carbons (Fsp3) is 0.533. The van der Waals surface area contributed by atoms with Crippen molar-refractivity contribution < 1.29 is 18.7 Å². The third-order valence-electron chi connectivity index (χ3n) is 4.58. The number of methoxy groups -OCH3 is 1. The maximum atomic E-state index is 14.3. The Bertz CT molecular complexity index is 652. The van der Waals surface area contributed by atoms with E-state index in [9.17, 15) is 14.1 Å². The second-order valence-electron chi connectivity index (χ2n) is 5.86. The van der Waals surface area contributed by atoms with Crippen LogP contribution in [0.2, 0.25) is 0 Å². The number of rotatable bonds is 2. The van der Waals surface area contributed by atoms with Crippen LogP contribution < -0.4 is 0 Å². The lowest BCUT2D eigenvalue weighted by Gasteiger charge is -2.36. The Hall–Kier alpha value is -1.34. The normalized spacial score (nSPS) is 26.8. The average molecular weight is 372 g/mol. The molecule has 2 aliphatic rings. The van der Waals surface area contributed by atoms with Crippen LogP contribution in [0.5, 0.6) is 0 Å². The highest BCUT2D eigenvalue weighted by atomic mass is 79.9. The minimum Gasteiger partial charge on any atom is -0.375 e. The summed E-state index contributed by atoms with van der Waals surface area (Å²) in [7, 11) is 1.48. The molecule has 22 heavy (non-hydrogen) atoms.